The zero-order valence-corrected chi connectivity index (χ0v) is 16.2. The Bertz CT molecular complexity index is 1020. The minimum Gasteiger partial charge on any atom is -0.454 e. The first-order chi connectivity index (χ1) is 13.5. The molecule has 0 spiro atoms. The van der Waals surface area contributed by atoms with Gasteiger partial charge in [-0.3, -0.25) is 4.79 Å². The Morgan fingerprint density at radius 3 is 2.82 bits per heavy atom. The lowest BCUT2D eigenvalue weighted by molar-refractivity contribution is -0.135. The summed E-state index contributed by atoms with van der Waals surface area (Å²) in [5, 5.41) is 0.833. The van der Waals surface area contributed by atoms with Crippen molar-refractivity contribution >= 4 is 33.4 Å². The molecule has 2 heterocycles. The van der Waals surface area contributed by atoms with Crippen LogP contribution in [0.2, 0.25) is 0 Å². The van der Waals surface area contributed by atoms with Crippen LogP contribution in [0.4, 0.5) is 0 Å². The largest absolute Gasteiger partial charge is 0.454 e. The third-order valence-electron chi connectivity index (χ3n) is 4.58. The van der Waals surface area contributed by atoms with Crippen LogP contribution in [0.1, 0.15) is 28.3 Å². The molecule has 1 aliphatic heterocycles. The molecule has 1 aromatic heterocycles. The standard InChI is InChI=1S/C20H18N2O5S/c1-12(19-21-14-5-3-4-6-17(14)28-19)22(2)18(23)10-25-20(24)13-7-8-15-16(9-13)27-11-26-15/h3-9,12H,10-11H2,1-2H3/t12-/m0/s1. The molecule has 0 bridgehead atoms. The molecule has 1 amide bonds. The van der Waals surface area contributed by atoms with Gasteiger partial charge in [-0.1, -0.05) is 12.1 Å². The Kier molecular flexibility index (Phi) is 4.87. The molecule has 0 N–H and O–H groups in total. The number of para-hydroxylation sites is 1. The van der Waals surface area contributed by atoms with Gasteiger partial charge in [-0.2, -0.15) is 0 Å². The quantitative estimate of drug-likeness (QED) is 0.613. The van der Waals surface area contributed by atoms with Crippen molar-refractivity contribution < 1.29 is 23.8 Å². The van der Waals surface area contributed by atoms with Gasteiger partial charge in [-0.15, -0.1) is 11.3 Å². The summed E-state index contributed by atoms with van der Waals surface area (Å²) < 4.78 is 16.7. The van der Waals surface area contributed by atoms with Gasteiger partial charge < -0.3 is 19.1 Å². The summed E-state index contributed by atoms with van der Waals surface area (Å²) in [7, 11) is 1.67. The normalized spacial score (nSPS) is 13.4. The van der Waals surface area contributed by atoms with Gasteiger partial charge in [0.25, 0.3) is 5.91 Å². The number of likely N-dealkylation sites (N-methyl/N-ethyl adjacent to an activating group) is 1. The molecule has 28 heavy (non-hydrogen) atoms. The van der Waals surface area contributed by atoms with Crippen molar-refractivity contribution in [2.45, 2.75) is 13.0 Å². The third kappa shape index (κ3) is 3.50. The molecule has 0 saturated heterocycles. The number of hydrogen-bond donors (Lipinski definition) is 0. The van der Waals surface area contributed by atoms with E-state index >= 15 is 0 Å². The van der Waals surface area contributed by atoms with E-state index in [0.717, 1.165) is 15.2 Å². The highest BCUT2D eigenvalue weighted by Crippen LogP contribution is 2.33. The first kappa shape index (κ1) is 18.2. The number of carbonyl (C=O) groups is 2. The van der Waals surface area contributed by atoms with Crippen LogP contribution >= 0.6 is 11.3 Å². The number of esters is 1. The van der Waals surface area contributed by atoms with Gasteiger partial charge in [0.15, 0.2) is 18.1 Å². The van der Waals surface area contributed by atoms with Crippen molar-refractivity contribution in [1.82, 2.24) is 9.88 Å². The molecule has 0 unspecified atom stereocenters. The molecule has 4 rings (SSSR count). The molecule has 0 saturated carbocycles. The molecule has 1 atom stereocenters. The van der Waals surface area contributed by atoms with E-state index in [2.05, 4.69) is 4.98 Å². The number of carbonyl (C=O) groups excluding carboxylic acids is 2. The number of ether oxygens (including phenoxy) is 3. The highest BCUT2D eigenvalue weighted by atomic mass is 32.1. The van der Waals surface area contributed by atoms with Gasteiger partial charge in [0, 0.05) is 7.05 Å². The van der Waals surface area contributed by atoms with E-state index in [1.165, 1.54) is 4.90 Å². The van der Waals surface area contributed by atoms with Crippen LogP contribution in [-0.2, 0) is 9.53 Å². The minimum atomic E-state index is -0.590. The second-order valence-corrected chi connectivity index (χ2v) is 7.41. The third-order valence-corrected chi connectivity index (χ3v) is 5.78. The van der Waals surface area contributed by atoms with Crippen molar-refractivity contribution in [3.05, 3.63) is 53.0 Å². The number of thiazole rings is 1. The second kappa shape index (κ2) is 7.47. The van der Waals surface area contributed by atoms with Crippen molar-refractivity contribution in [3.8, 4) is 11.5 Å². The highest BCUT2D eigenvalue weighted by molar-refractivity contribution is 7.18. The highest BCUT2D eigenvalue weighted by Gasteiger charge is 2.23. The summed E-state index contributed by atoms with van der Waals surface area (Å²) in [6.07, 6.45) is 0. The van der Waals surface area contributed by atoms with Crippen LogP contribution in [0, 0.1) is 0 Å². The summed E-state index contributed by atoms with van der Waals surface area (Å²) in [6, 6.07) is 12.4. The Morgan fingerprint density at radius 2 is 2.00 bits per heavy atom. The Balaban J connectivity index is 1.38. The molecular formula is C20H18N2O5S. The fourth-order valence-electron chi connectivity index (χ4n) is 2.79. The number of rotatable bonds is 5. The van der Waals surface area contributed by atoms with E-state index in [4.69, 9.17) is 14.2 Å². The average molecular weight is 398 g/mol. The summed E-state index contributed by atoms with van der Waals surface area (Å²) in [5.74, 6) is 0.174. The molecule has 0 radical (unpaired) electrons. The van der Waals surface area contributed by atoms with E-state index in [0.29, 0.717) is 17.1 Å². The number of fused-ring (bicyclic) bond motifs is 2. The summed E-state index contributed by atoms with van der Waals surface area (Å²) in [5.41, 5.74) is 1.21. The molecule has 2 aromatic carbocycles. The van der Waals surface area contributed by atoms with Crippen LogP contribution in [0.3, 0.4) is 0 Å². The van der Waals surface area contributed by atoms with Gasteiger partial charge >= 0.3 is 5.97 Å². The number of nitrogens with zero attached hydrogens (tertiary/aromatic N) is 2. The Morgan fingerprint density at radius 1 is 1.21 bits per heavy atom. The molecule has 0 fully saturated rings. The summed E-state index contributed by atoms with van der Waals surface area (Å²) in [4.78, 5) is 30.8. The topological polar surface area (TPSA) is 78.0 Å². The molecular weight excluding hydrogens is 380 g/mol. The van der Waals surface area contributed by atoms with Crippen LogP contribution in [0.5, 0.6) is 11.5 Å². The fourth-order valence-corrected chi connectivity index (χ4v) is 3.85. The zero-order chi connectivity index (χ0) is 19.7. The van der Waals surface area contributed by atoms with Gasteiger partial charge in [-0.05, 0) is 37.3 Å². The monoisotopic (exact) mass is 398 g/mol. The van der Waals surface area contributed by atoms with Crippen molar-refractivity contribution in [2.24, 2.45) is 0 Å². The predicted molar refractivity (Wildman–Crippen MR) is 104 cm³/mol. The maximum atomic E-state index is 12.5. The van der Waals surface area contributed by atoms with Crippen LogP contribution in [0.15, 0.2) is 42.5 Å². The number of benzene rings is 2. The molecule has 3 aromatic rings. The van der Waals surface area contributed by atoms with Crippen LogP contribution < -0.4 is 9.47 Å². The van der Waals surface area contributed by atoms with E-state index in [1.54, 1.807) is 36.6 Å². The Hall–Kier alpha value is -3.13. The first-order valence-corrected chi connectivity index (χ1v) is 9.52. The summed E-state index contributed by atoms with van der Waals surface area (Å²) >= 11 is 1.55. The van der Waals surface area contributed by atoms with Crippen molar-refractivity contribution in [2.75, 3.05) is 20.4 Å². The maximum Gasteiger partial charge on any atom is 0.338 e. The zero-order valence-electron chi connectivity index (χ0n) is 15.4. The SMILES string of the molecule is C[C@@H](c1nc2ccccc2s1)N(C)C(=O)COC(=O)c1ccc2c(c1)OCO2. The molecule has 7 nitrogen and oxygen atoms in total. The van der Waals surface area contributed by atoms with E-state index in [-0.39, 0.29) is 25.3 Å². The fraction of sp³-hybridized carbons (Fsp3) is 0.250. The van der Waals surface area contributed by atoms with E-state index < -0.39 is 5.97 Å². The van der Waals surface area contributed by atoms with Crippen molar-refractivity contribution in [1.29, 1.82) is 0 Å². The summed E-state index contributed by atoms with van der Waals surface area (Å²) in [6.45, 7) is 1.68. The van der Waals surface area contributed by atoms with Crippen LogP contribution in [0.25, 0.3) is 10.2 Å². The minimum absolute atomic E-state index is 0.126. The molecule has 0 aliphatic carbocycles. The Labute approximate surface area is 165 Å². The van der Waals surface area contributed by atoms with Crippen molar-refractivity contribution in [3.63, 3.8) is 0 Å². The van der Waals surface area contributed by atoms with Gasteiger partial charge in [0.2, 0.25) is 6.79 Å². The maximum absolute atomic E-state index is 12.5. The molecule has 8 heteroatoms. The lowest BCUT2D eigenvalue weighted by Crippen LogP contribution is -2.33. The first-order valence-electron chi connectivity index (χ1n) is 8.71. The van der Waals surface area contributed by atoms with Gasteiger partial charge in [0.1, 0.15) is 5.01 Å². The second-order valence-electron chi connectivity index (χ2n) is 6.34. The number of amides is 1. The lowest BCUT2D eigenvalue weighted by Gasteiger charge is -2.23. The average Bonchev–Trinajstić information content (AvgIpc) is 3.36. The van der Waals surface area contributed by atoms with E-state index in [1.807, 2.05) is 31.2 Å². The molecule has 144 valence electrons. The lowest BCUT2D eigenvalue weighted by atomic mass is 10.2. The van der Waals surface area contributed by atoms with E-state index in [9.17, 15) is 9.59 Å². The van der Waals surface area contributed by atoms with Gasteiger partial charge in [-0.25, -0.2) is 9.78 Å². The van der Waals surface area contributed by atoms with Crippen LogP contribution in [-0.4, -0.2) is 42.2 Å². The smallest absolute Gasteiger partial charge is 0.338 e. The number of aromatic nitrogens is 1. The number of hydrogen-bond acceptors (Lipinski definition) is 7. The van der Waals surface area contributed by atoms with Gasteiger partial charge in [0.05, 0.1) is 21.8 Å². The predicted octanol–water partition coefficient (Wildman–Crippen LogP) is 3.40. The molecule has 1 aliphatic rings.